The van der Waals surface area contributed by atoms with E-state index in [1.165, 1.54) is 0 Å². The highest BCUT2D eigenvalue weighted by Crippen LogP contribution is 2.37. The Kier molecular flexibility index (Phi) is 4.25. The highest BCUT2D eigenvalue weighted by Gasteiger charge is 2.18. The largest absolute Gasteiger partial charge is 0.358 e. The van der Waals surface area contributed by atoms with Gasteiger partial charge in [0.05, 0.1) is 11.9 Å². The second kappa shape index (κ2) is 6.34. The van der Waals surface area contributed by atoms with E-state index in [0.29, 0.717) is 5.82 Å². The van der Waals surface area contributed by atoms with Crippen LogP contribution in [0.15, 0.2) is 35.7 Å². The molecule has 2 heterocycles. The van der Waals surface area contributed by atoms with Crippen molar-refractivity contribution in [1.29, 1.82) is 0 Å². The van der Waals surface area contributed by atoms with Gasteiger partial charge in [-0.05, 0) is 12.5 Å². The molecule has 0 aliphatic heterocycles. The minimum Gasteiger partial charge on any atom is -0.358 e. The summed E-state index contributed by atoms with van der Waals surface area (Å²) in [6, 6.07) is 10.2. The van der Waals surface area contributed by atoms with E-state index in [9.17, 15) is 4.79 Å². The zero-order valence-electron chi connectivity index (χ0n) is 13.3. The van der Waals surface area contributed by atoms with E-state index in [4.69, 9.17) is 0 Å². The summed E-state index contributed by atoms with van der Waals surface area (Å²) in [6.07, 6.45) is 0. The number of thiophene rings is 1. The lowest BCUT2D eigenvalue weighted by Gasteiger charge is -2.19. The fourth-order valence-corrected chi connectivity index (χ4v) is 3.49. The molecule has 0 unspecified atom stereocenters. The van der Waals surface area contributed by atoms with Crippen LogP contribution in [0.4, 0.5) is 5.82 Å². The standard InChI is InChI=1S/C17H18N4OS/c1-11-19-16(21(3)9-14(22)18-2)15-13(10-23-17(15)20-11)12-7-5-4-6-8-12/h4-8,10H,9H2,1-3H3,(H,18,22). The van der Waals surface area contributed by atoms with Crippen molar-refractivity contribution in [2.45, 2.75) is 6.92 Å². The SMILES string of the molecule is CNC(=O)CN(C)c1nc(C)nc2scc(-c3ccccc3)c12. The topological polar surface area (TPSA) is 58.1 Å². The van der Waals surface area contributed by atoms with Crippen molar-refractivity contribution in [3.05, 3.63) is 41.5 Å². The van der Waals surface area contributed by atoms with E-state index in [1.807, 2.05) is 37.1 Å². The Morgan fingerprint density at radius 3 is 2.70 bits per heavy atom. The Morgan fingerprint density at radius 1 is 1.26 bits per heavy atom. The Bertz CT molecular complexity index is 844. The third kappa shape index (κ3) is 3.03. The minimum atomic E-state index is -0.0478. The van der Waals surface area contributed by atoms with Crippen LogP contribution >= 0.6 is 11.3 Å². The van der Waals surface area contributed by atoms with Gasteiger partial charge in [-0.2, -0.15) is 0 Å². The molecule has 1 amide bonds. The van der Waals surface area contributed by atoms with E-state index >= 15 is 0 Å². The Labute approximate surface area is 139 Å². The molecule has 3 aromatic rings. The van der Waals surface area contributed by atoms with E-state index in [2.05, 4.69) is 32.8 Å². The molecule has 0 radical (unpaired) electrons. The molecule has 0 saturated carbocycles. The first kappa shape index (κ1) is 15.4. The number of anilines is 1. The van der Waals surface area contributed by atoms with Gasteiger partial charge < -0.3 is 10.2 Å². The third-order valence-corrected chi connectivity index (χ3v) is 4.50. The number of carbonyl (C=O) groups is 1. The summed E-state index contributed by atoms with van der Waals surface area (Å²) in [6.45, 7) is 2.13. The summed E-state index contributed by atoms with van der Waals surface area (Å²) < 4.78 is 0. The number of nitrogens with zero attached hydrogens (tertiary/aromatic N) is 3. The first-order chi connectivity index (χ1) is 11.1. The number of carbonyl (C=O) groups excluding carboxylic acids is 1. The molecular formula is C17H18N4OS. The van der Waals surface area contributed by atoms with Crippen LogP contribution in [0.3, 0.4) is 0 Å². The zero-order valence-corrected chi connectivity index (χ0v) is 14.1. The van der Waals surface area contributed by atoms with Crippen molar-refractivity contribution >= 4 is 33.3 Å². The number of amides is 1. The normalized spacial score (nSPS) is 10.7. The minimum absolute atomic E-state index is 0.0478. The van der Waals surface area contributed by atoms with Gasteiger partial charge in [0.1, 0.15) is 16.5 Å². The maximum absolute atomic E-state index is 11.7. The van der Waals surface area contributed by atoms with Gasteiger partial charge in [-0.3, -0.25) is 4.79 Å². The molecule has 6 heteroatoms. The lowest BCUT2D eigenvalue weighted by Crippen LogP contribution is -2.33. The number of aromatic nitrogens is 2. The van der Waals surface area contributed by atoms with Crippen molar-refractivity contribution in [2.75, 3.05) is 25.5 Å². The first-order valence-electron chi connectivity index (χ1n) is 7.33. The van der Waals surface area contributed by atoms with Crippen LogP contribution in [0, 0.1) is 6.92 Å². The molecule has 0 saturated heterocycles. The van der Waals surface area contributed by atoms with Crippen LogP contribution in [0.1, 0.15) is 5.82 Å². The molecule has 23 heavy (non-hydrogen) atoms. The average molecular weight is 326 g/mol. The predicted octanol–water partition coefficient (Wildman–Crippen LogP) is 2.85. The van der Waals surface area contributed by atoms with Gasteiger partial charge in [0.25, 0.3) is 0 Å². The van der Waals surface area contributed by atoms with E-state index in [0.717, 1.165) is 27.2 Å². The lowest BCUT2D eigenvalue weighted by molar-refractivity contribution is -0.119. The van der Waals surface area contributed by atoms with Crippen LogP contribution in [0.25, 0.3) is 21.3 Å². The molecule has 3 rings (SSSR count). The maximum Gasteiger partial charge on any atom is 0.239 e. The Hall–Kier alpha value is -2.47. The number of nitrogens with one attached hydrogen (secondary N) is 1. The molecule has 118 valence electrons. The Balaban J connectivity index is 2.16. The number of hydrogen-bond acceptors (Lipinski definition) is 5. The predicted molar refractivity (Wildman–Crippen MR) is 94.9 cm³/mol. The number of fused-ring (bicyclic) bond motifs is 1. The smallest absolute Gasteiger partial charge is 0.239 e. The molecule has 0 aliphatic rings. The van der Waals surface area contributed by atoms with Gasteiger partial charge >= 0.3 is 0 Å². The van der Waals surface area contributed by atoms with Crippen LogP contribution in [0.5, 0.6) is 0 Å². The monoisotopic (exact) mass is 326 g/mol. The quantitative estimate of drug-likeness (QED) is 0.801. The van der Waals surface area contributed by atoms with Crippen molar-refractivity contribution < 1.29 is 4.79 Å². The van der Waals surface area contributed by atoms with Crippen molar-refractivity contribution in [1.82, 2.24) is 15.3 Å². The molecule has 0 spiro atoms. The lowest BCUT2D eigenvalue weighted by atomic mass is 10.1. The summed E-state index contributed by atoms with van der Waals surface area (Å²) in [5, 5.41) is 5.75. The van der Waals surface area contributed by atoms with Crippen molar-refractivity contribution in [3.8, 4) is 11.1 Å². The van der Waals surface area contributed by atoms with Crippen LogP contribution in [0.2, 0.25) is 0 Å². The van der Waals surface area contributed by atoms with Crippen LogP contribution in [-0.4, -0.2) is 36.5 Å². The van der Waals surface area contributed by atoms with Gasteiger partial charge in [0, 0.05) is 25.0 Å². The third-order valence-electron chi connectivity index (χ3n) is 3.63. The molecule has 5 nitrogen and oxygen atoms in total. The molecule has 0 fully saturated rings. The fraction of sp³-hybridized carbons (Fsp3) is 0.235. The number of rotatable bonds is 4. The van der Waals surface area contributed by atoms with Gasteiger partial charge in [0.15, 0.2) is 0 Å². The molecule has 0 atom stereocenters. The summed E-state index contributed by atoms with van der Waals surface area (Å²) in [4.78, 5) is 23.7. The van der Waals surface area contributed by atoms with Crippen LogP contribution < -0.4 is 10.2 Å². The van der Waals surface area contributed by atoms with Gasteiger partial charge in [0.2, 0.25) is 5.91 Å². The molecule has 0 aliphatic carbocycles. The van der Waals surface area contributed by atoms with Gasteiger partial charge in [-0.25, -0.2) is 9.97 Å². The average Bonchev–Trinajstić information content (AvgIpc) is 2.98. The molecule has 0 bridgehead atoms. The number of hydrogen-bond donors (Lipinski definition) is 1. The van der Waals surface area contributed by atoms with Crippen molar-refractivity contribution in [3.63, 3.8) is 0 Å². The summed E-state index contributed by atoms with van der Waals surface area (Å²) in [5.74, 6) is 1.45. The number of likely N-dealkylation sites (N-methyl/N-ethyl adjacent to an activating group) is 2. The summed E-state index contributed by atoms with van der Waals surface area (Å²) in [5.41, 5.74) is 2.23. The maximum atomic E-state index is 11.7. The van der Waals surface area contributed by atoms with E-state index in [1.54, 1.807) is 18.4 Å². The van der Waals surface area contributed by atoms with Gasteiger partial charge in [-0.15, -0.1) is 11.3 Å². The van der Waals surface area contributed by atoms with E-state index in [-0.39, 0.29) is 12.5 Å². The van der Waals surface area contributed by atoms with E-state index < -0.39 is 0 Å². The first-order valence-corrected chi connectivity index (χ1v) is 8.21. The molecular weight excluding hydrogens is 308 g/mol. The summed E-state index contributed by atoms with van der Waals surface area (Å²) >= 11 is 1.60. The molecule has 1 aromatic carbocycles. The zero-order chi connectivity index (χ0) is 16.4. The highest BCUT2D eigenvalue weighted by atomic mass is 32.1. The molecule has 1 N–H and O–H groups in total. The second-order valence-electron chi connectivity index (χ2n) is 5.32. The van der Waals surface area contributed by atoms with Crippen molar-refractivity contribution in [2.24, 2.45) is 0 Å². The Morgan fingerprint density at radius 2 is 2.00 bits per heavy atom. The van der Waals surface area contributed by atoms with Crippen LogP contribution in [-0.2, 0) is 4.79 Å². The fourth-order valence-electron chi connectivity index (χ4n) is 2.50. The number of benzene rings is 1. The molecule has 2 aromatic heterocycles. The van der Waals surface area contributed by atoms with Gasteiger partial charge in [-0.1, -0.05) is 30.3 Å². The summed E-state index contributed by atoms with van der Waals surface area (Å²) in [7, 11) is 3.51. The second-order valence-corrected chi connectivity index (χ2v) is 6.18. The number of aryl methyl sites for hydroxylation is 1. The highest BCUT2D eigenvalue weighted by molar-refractivity contribution is 7.17.